The number of benzene rings is 1. The Morgan fingerprint density at radius 2 is 1.96 bits per heavy atom. The van der Waals surface area contributed by atoms with Gasteiger partial charge in [0.25, 0.3) is 0 Å². The Kier molecular flexibility index (Phi) is 5.07. The highest BCUT2D eigenvalue weighted by Gasteiger charge is 2.34. The van der Waals surface area contributed by atoms with Crippen LogP contribution >= 0.6 is 0 Å². The molecule has 0 aliphatic rings. The summed E-state index contributed by atoms with van der Waals surface area (Å²) in [5.74, 6) is -0.352. The number of carbonyl (C=O) groups excluding carboxylic acids is 1. The van der Waals surface area contributed by atoms with Crippen molar-refractivity contribution in [3.8, 4) is 5.69 Å². The van der Waals surface area contributed by atoms with E-state index in [2.05, 4.69) is 15.4 Å². The van der Waals surface area contributed by atoms with Gasteiger partial charge in [-0.1, -0.05) is 18.2 Å². The molecule has 2 heterocycles. The van der Waals surface area contributed by atoms with Crippen molar-refractivity contribution in [2.24, 2.45) is 0 Å². The van der Waals surface area contributed by atoms with Crippen LogP contribution in [0.15, 0.2) is 60.9 Å². The molecule has 0 saturated carbocycles. The molecule has 0 atom stereocenters. The van der Waals surface area contributed by atoms with Gasteiger partial charge in [0.05, 0.1) is 16.9 Å². The number of nitrogens with zero attached hydrogens (tertiary/aromatic N) is 3. The zero-order chi connectivity index (χ0) is 19.4. The second kappa shape index (κ2) is 7.45. The van der Waals surface area contributed by atoms with Gasteiger partial charge in [0.15, 0.2) is 0 Å². The Morgan fingerprint density at radius 3 is 2.67 bits per heavy atom. The van der Waals surface area contributed by atoms with Crippen molar-refractivity contribution in [1.82, 2.24) is 14.8 Å². The van der Waals surface area contributed by atoms with Crippen LogP contribution in [0.1, 0.15) is 16.8 Å². The SMILES string of the molecule is Cc1cc(NC(=O)/C=C/c2cccnc2)n(-c2ccccc2C(F)(F)F)n1. The largest absolute Gasteiger partial charge is 0.418 e. The highest BCUT2D eigenvalue weighted by Crippen LogP contribution is 2.34. The molecule has 5 nitrogen and oxygen atoms in total. The first-order valence-electron chi connectivity index (χ1n) is 7.97. The molecule has 0 aliphatic carbocycles. The lowest BCUT2D eigenvalue weighted by Gasteiger charge is -2.14. The summed E-state index contributed by atoms with van der Waals surface area (Å²) in [6, 6.07) is 10.1. The second-order valence-corrected chi connectivity index (χ2v) is 5.71. The molecule has 1 amide bonds. The van der Waals surface area contributed by atoms with E-state index in [0.717, 1.165) is 16.3 Å². The Morgan fingerprint density at radius 1 is 1.19 bits per heavy atom. The average Bonchev–Trinajstić information content (AvgIpc) is 3.00. The summed E-state index contributed by atoms with van der Waals surface area (Å²) in [4.78, 5) is 16.1. The summed E-state index contributed by atoms with van der Waals surface area (Å²) >= 11 is 0. The van der Waals surface area contributed by atoms with Crippen LogP contribution in [0.2, 0.25) is 0 Å². The maximum atomic E-state index is 13.3. The summed E-state index contributed by atoms with van der Waals surface area (Å²) in [7, 11) is 0. The molecule has 2 aromatic heterocycles. The second-order valence-electron chi connectivity index (χ2n) is 5.71. The van der Waals surface area contributed by atoms with Crippen LogP contribution in [0.5, 0.6) is 0 Å². The van der Waals surface area contributed by atoms with Crippen molar-refractivity contribution in [2.75, 3.05) is 5.32 Å². The third kappa shape index (κ3) is 4.41. The molecule has 0 fully saturated rings. The number of anilines is 1. The Hall–Kier alpha value is -3.42. The first-order valence-corrected chi connectivity index (χ1v) is 7.97. The van der Waals surface area contributed by atoms with Crippen LogP contribution in [0.4, 0.5) is 19.0 Å². The maximum absolute atomic E-state index is 13.3. The van der Waals surface area contributed by atoms with E-state index in [-0.39, 0.29) is 11.5 Å². The fourth-order valence-electron chi connectivity index (χ4n) is 2.48. The van der Waals surface area contributed by atoms with Crippen molar-refractivity contribution < 1.29 is 18.0 Å². The summed E-state index contributed by atoms with van der Waals surface area (Å²) in [5.41, 5.74) is 0.192. The van der Waals surface area contributed by atoms with Gasteiger partial charge in [-0.05, 0) is 36.8 Å². The molecule has 3 rings (SSSR count). The molecule has 138 valence electrons. The standard InChI is InChI=1S/C19H15F3N4O/c1-13-11-17(24-18(27)9-8-14-5-4-10-23-12-14)26(25-13)16-7-3-2-6-15(16)19(20,21)22/h2-12H,1H3,(H,24,27)/b9-8+. The number of hydrogen-bond acceptors (Lipinski definition) is 3. The lowest BCUT2D eigenvalue weighted by atomic mass is 10.1. The number of nitrogens with one attached hydrogen (secondary N) is 1. The van der Waals surface area contributed by atoms with E-state index in [1.54, 1.807) is 37.5 Å². The van der Waals surface area contributed by atoms with Crippen LogP contribution in [0, 0.1) is 6.92 Å². The van der Waals surface area contributed by atoms with Gasteiger partial charge in [0.2, 0.25) is 5.91 Å². The van der Waals surface area contributed by atoms with E-state index in [1.807, 2.05) is 0 Å². The van der Waals surface area contributed by atoms with Gasteiger partial charge < -0.3 is 5.32 Å². The summed E-state index contributed by atoms with van der Waals surface area (Å²) in [6.07, 6.45) is 1.48. The molecule has 0 spiro atoms. The predicted molar refractivity (Wildman–Crippen MR) is 95.2 cm³/mol. The third-order valence-corrected chi connectivity index (χ3v) is 3.63. The molecule has 27 heavy (non-hydrogen) atoms. The lowest BCUT2D eigenvalue weighted by Crippen LogP contribution is -2.16. The van der Waals surface area contributed by atoms with Gasteiger partial charge in [0.1, 0.15) is 5.82 Å². The summed E-state index contributed by atoms with van der Waals surface area (Å²) in [5, 5.41) is 6.66. The smallest absolute Gasteiger partial charge is 0.307 e. The number of carbonyl (C=O) groups is 1. The van der Waals surface area contributed by atoms with Crippen LogP contribution in [0.25, 0.3) is 11.8 Å². The molecule has 1 N–H and O–H groups in total. The van der Waals surface area contributed by atoms with Gasteiger partial charge in [-0.2, -0.15) is 18.3 Å². The number of aryl methyl sites for hydroxylation is 1. The minimum atomic E-state index is -4.54. The predicted octanol–water partition coefficient (Wildman–Crippen LogP) is 4.25. The van der Waals surface area contributed by atoms with Gasteiger partial charge in [-0.3, -0.25) is 9.78 Å². The molecular weight excluding hydrogens is 357 g/mol. The van der Waals surface area contributed by atoms with Gasteiger partial charge in [-0.25, -0.2) is 4.68 Å². The van der Waals surface area contributed by atoms with Crippen LogP contribution < -0.4 is 5.32 Å². The van der Waals surface area contributed by atoms with Gasteiger partial charge in [0, 0.05) is 24.5 Å². The minimum Gasteiger partial charge on any atom is -0.307 e. The number of rotatable bonds is 4. The van der Waals surface area contributed by atoms with Crippen LogP contribution in [-0.2, 0) is 11.0 Å². The van der Waals surface area contributed by atoms with Crippen molar-refractivity contribution in [1.29, 1.82) is 0 Å². The van der Waals surface area contributed by atoms with Crippen molar-refractivity contribution in [3.63, 3.8) is 0 Å². The van der Waals surface area contributed by atoms with Crippen LogP contribution in [0.3, 0.4) is 0 Å². The first kappa shape index (κ1) is 18.4. The van der Waals surface area contributed by atoms with Gasteiger partial charge >= 0.3 is 6.18 Å². The van der Waals surface area contributed by atoms with E-state index in [9.17, 15) is 18.0 Å². The maximum Gasteiger partial charge on any atom is 0.418 e. The van der Waals surface area contributed by atoms with Crippen molar-refractivity contribution in [2.45, 2.75) is 13.1 Å². The highest BCUT2D eigenvalue weighted by molar-refractivity contribution is 6.01. The molecule has 0 bridgehead atoms. The summed E-state index contributed by atoms with van der Waals surface area (Å²) < 4.78 is 41.0. The number of halogens is 3. The normalized spacial score (nSPS) is 11.7. The molecule has 3 aromatic rings. The number of alkyl halides is 3. The zero-order valence-corrected chi connectivity index (χ0v) is 14.2. The first-order chi connectivity index (χ1) is 12.8. The molecular formula is C19H15F3N4O. The monoisotopic (exact) mass is 372 g/mol. The van der Waals surface area contributed by atoms with Crippen molar-refractivity contribution >= 4 is 17.8 Å². The molecule has 1 aromatic carbocycles. The topological polar surface area (TPSA) is 59.8 Å². The Labute approximate surface area is 153 Å². The van der Waals surface area contributed by atoms with Crippen molar-refractivity contribution in [3.05, 3.63) is 77.8 Å². The number of hydrogen-bond donors (Lipinski definition) is 1. The quantitative estimate of drug-likeness (QED) is 0.697. The van der Waals surface area contributed by atoms with E-state index >= 15 is 0 Å². The molecule has 8 heteroatoms. The van der Waals surface area contributed by atoms with E-state index in [1.165, 1.54) is 30.3 Å². The molecule has 0 unspecified atom stereocenters. The Balaban J connectivity index is 1.90. The fraction of sp³-hybridized carbons (Fsp3) is 0.105. The lowest BCUT2D eigenvalue weighted by molar-refractivity contribution is -0.137. The number of para-hydroxylation sites is 1. The van der Waals surface area contributed by atoms with Crippen LogP contribution in [-0.4, -0.2) is 20.7 Å². The molecule has 0 saturated heterocycles. The Bertz CT molecular complexity index is 978. The number of amides is 1. The number of aromatic nitrogens is 3. The number of pyridine rings is 1. The fourth-order valence-corrected chi connectivity index (χ4v) is 2.48. The van der Waals surface area contributed by atoms with Gasteiger partial charge in [-0.15, -0.1) is 0 Å². The van der Waals surface area contributed by atoms with E-state index < -0.39 is 17.6 Å². The third-order valence-electron chi connectivity index (χ3n) is 3.63. The van der Waals surface area contributed by atoms with E-state index in [0.29, 0.717) is 5.69 Å². The summed E-state index contributed by atoms with van der Waals surface area (Å²) in [6.45, 7) is 1.63. The molecule has 0 radical (unpaired) electrons. The average molecular weight is 372 g/mol. The minimum absolute atomic E-state index is 0.144. The highest BCUT2D eigenvalue weighted by atomic mass is 19.4. The van der Waals surface area contributed by atoms with E-state index in [4.69, 9.17) is 0 Å². The zero-order valence-electron chi connectivity index (χ0n) is 14.2. The molecule has 0 aliphatic heterocycles.